The van der Waals surface area contributed by atoms with Crippen molar-refractivity contribution in [3.63, 3.8) is 0 Å². The fraction of sp³-hybridized carbons (Fsp3) is 0.148. The molecule has 0 radical (unpaired) electrons. The van der Waals surface area contributed by atoms with E-state index >= 15 is 0 Å². The van der Waals surface area contributed by atoms with E-state index in [0.29, 0.717) is 16.8 Å². The lowest BCUT2D eigenvalue weighted by molar-refractivity contribution is -0.132. The number of Topliss-reactive ketones (excluding diaryl/α,β-unsaturated/α-hetero) is 1. The lowest BCUT2D eigenvalue weighted by atomic mass is 9.95. The van der Waals surface area contributed by atoms with E-state index < -0.39 is 23.7 Å². The van der Waals surface area contributed by atoms with E-state index in [0.717, 1.165) is 15.6 Å². The van der Waals surface area contributed by atoms with E-state index in [1.54, 1.807) is 54.6 Å². The summed E-state index contributed by atoms with van der Waals surface area (Å²) in [5, 5.41) is 11.2. The van der Waals surface area contributed by atoms with Gasteiger partial charge in [0.05, 0.1) is 11.6 Å². The number of nitrogens with zero attached hydrogens (tertiary/aromatic N) is 1. The maximum Gasteiger partial charge on any atom is 0.308 e. The van der Waals surface area contributed by atoms with Crippen LogP contribution in [-0.4, -0.2) is 22.8 Å². The maximum atomic E-state index is 13.3. The van der Waals surface area contributed by atoms with E-state index in [2.05, 4.69) is 15.9 Å². The van der Waals surface area contributed by atoms with Gasteiger partial charge in [0.2, 0.25) is 0 Å². The molecule has 3 aromatic carbocycles. The number of anilines is 1. The van der Waals surface area contributed by atoms with Gasteiger partial charge in [-0.15, -0.1) is 0 Å². The zero-order valence-corrected chi connectivity index (χ0v) is 20.4. The van der Waals surface area contributed by atoms with Gasteiger partial charge in [0.15, 0.2) is 0 Å². The predicted molar refractivity (Wildman–Crippen MR) is 133 cm³/mol. The van der Waals surface area contributed by atoms with Crippen LogP contribution in [0.4, 0.5) is 5.69 Å². The summed E-state index contributed by atoms with van der Waals surface area (Å²) in [7, 11) is 0. The molecule has 34 heavy (non-hydrogen) atoms. The van der Waals surface area contributed by atoms with Crippen molar-refractivity contribution >= 4 is 45.0 Å². The van der Waals surface area contributed by atoms with Crippen molar-refractivity contribution in [2.75, 3.05) is 4.90 Å². The summed E-state index contributed by atoms with van der Waals surface area (Å²) in [6, 6.07) is 18.0. The first kappa shape index (κ1) is 23.4. The summed E-state index contributed by atoms with van der Waals surface area (Å²) in [4.78, 5) is 39.4. The second-order valence-electron chi connectivity index (χ2n) is 8.11. The molecule has 6 nitrogen and oxygen atoms in total. The van der Waals surface area contributed by atoms with Crippen molar-refractivity contribution in [3.8, 4) is 5.75 Å². The zero-order chi connectivity index (χ0) is 24.6. The molecule has 7 heteroatoms. The molecule has 1 N–H and O–H groups in total. The minimum absolute atomic E-state index is 0.0366. The number of carbonyl (C=O) groups is 3. The van der Waals surface area contributed by atoms with Crippen LogP contribution >= 0.6 is 15.9 Å². The predicted octanol–water partition coefficient (Wildman–Crippen LogP) is 5.62. The number of ketones is 1. The van der Waals surface area contributed by atoms with E-state index in [9.17, 15) is 19.5 Å². The first-order chi connectivity index (χ1) is 16.2. The van der Waals surface area contributed by atoms with Gasteiger partial charge >= 0.3 is 5.97 Å². The van der Waals surface area contributed by atoms with Crippen LogP contribution in [0.1, 0.15) is 35.2 Å². The largest absolute Gasteiger partial charge is 0.507 e. The number of amides is 1. The highest BCUT2D eigenvalue weighted by Crippen LogP contribution is 2.43. The summed E-state index contributed by atoms with van der Waals surface area (Å²) < 4.78 is 6.04. The molecule has 1 fully saturated rings. The number of aliphatic hydroxyl groups excluding tert-OH is 1. The number of benzene rings is 3. The minimum Gasteiger partial charge on any atom is -0.507 e. The Morgan fingerprint density at radius 3 is 2.32 bits per heavy atom. The van der Waals surface area contributed by atoms with Crippen molar-refractivity contribution in [2.24, 2.45) is 0 Å². The molecule has 0 spiro atoms. The molecule has 4 rings (SSSR count). The van der Waals surface area contributed by atoms with E-state index in [1.807, 2.05) is 26.0 Å². The number of ether oxygens (including phenoxy) is 1. The third kappa shape index (κ3) is 4.39. The van der Waals surface area contributed by atoms with E-state index in [1.165, 1.54) is 11.8 Å². The maximum absolute atomic E-state index is 13.3. The Kier molecular flexibility index (Phi) is 6.39. The van der Waals surface area contributed by atoms with Gasteiger partial charge < -0.3 is 9.84 Å². The van der Waals surface area contributed by atoms with Gasteiger partial charge in [-0.05, 0) is 66.9 Å². The van der Waals surface area contributed by atoms with Crippen LogP contribution in [-0.2, 0) is 14.4 Å². The van der Waals surface area contributed by atoms with Crippen LogP contribution in [0.2, 0.25) is 0 Å². The first-order valence-electron chi connectivity index (χ1n) is 10.6. The molecular formula is C27H22BrNO5. The summed E-state index contributed by atoms with van der Waals surface area (Å²) >= 11 is 3.36. The van der Waals surface area contributed by atoms with Crippen LogP contribution in [0, 0.1) is 13.8 Å². The number of hydrogen-bond acceptors (Lipinski definition) is 5. The molecule has 1 aliphatic rings. The Hall–Kier alpha value is -3.71. The van der Waals surface area contributed by atoms with Gasteiger partial charge in [-0.2, -0.15) is 0 Å². The number of halogens is 1. The molecule has 0 aromatic heterocycles. The van der Waals surface area contributed by atoms with Gasteiger partial charge in [0.1, 0.15) is 11.5 Å². The SMILES string of the molecule is CC(=O)Oc1cccc(C2/C(=C(\O)c3ccc(Br)cc3)C(=O)C(=O)N2c2ccc(C)c(C)c2)c1. The molecular weight excluding hydrogens is 498 g/mol. The number of hydrogen-bond donors (Lipinski definition) is 1. The third-order valence-corrected chi connectivity index (χ3v) is 6.29. The topological polar surface area (TPSA) is 83.9 Å². The second kappa shape index (κ2) is 9.27. The molecule has 0 aliphatic carbocycles. The fourth-order valence-electron chi connectivity index (χ4n) is 3.97. The number of rotatable bonds is 4. The van der Waals surface area contributed by atoms with Crippen LogP contribution in [0.3, 0.4) is 0 Å². The number of aliphatic hydroxyl groups is 1. The van der Waals surface area contributed by atoms with Crippen LogP contribution in [0.25, 0.3) is 5.76 Å². The van der Waals surface area contributed by atoms with Crippen LogP contribution in [0.5, 0.6) is 5.75 Å². The quantitative estimate of drug-likeness (QED) is 0.159. The summed E-state index contributed by atoms with van der Waals surface area (Å²) in [5.41, 5.74) is 3.43. The normalized spacial score (nSPS) is 17.2. The summed E-state index contributed by atoms with van der Waals surface area (Å²) in [6.07, 6.45) is 0. The molecule has 172 valence electrons. The third-order valence-electron chi connectivity index (χ3n) is 5.77. The van der Waals surface area contributed by atoms with Crippen molar-refractivity contribution in [1.29, 1.82) is 0 Å². The Labute approximate surface area is 205 Å². The summed E-state index contributed by atoms with van der Waals surface area (Å²) in [6.45, 7) is 5.18. The van der Waals surface area contributed by atoms with Gasteiger partial charge in [-0.3, -0.25) is 19.3 Å². The standard InChI is InChI=1S/C27H22BrNO5/c1-15-7-12-21(13-16(15)2)29-24(19-5-4-6-22(14-19)34-17(3)30)23(26(32)27(29)33)25(31)18-8-10-20(28)11-9-18/h4-14,24,31H,1-3H3/b25-23+. The monoisotopic (exact) mass is 519 g/mol. The molecule has 1 unspecified atom stereocenters. The molecule has 0 bridgehead atoms. The summed E-state index contributed by atoms with van der Waals surface area (Å²) in [5.74, 6) is -2.03. The molecule has 3 aromatic rings. The molecule has 1 atom stereocenters. The van der Waals surface area contributed by atoms with Crippen LogP contribution < -0.4 is 9.64 Å². The average Bonchev–Trinajstić information content (AvgIpc) is 3.06. The Morgan fingerprint density at radius 2 is 1.68 bits per heavy atom. The second-order valence-corrected chi connectivity index (χ2v) is 9.03. The molecule has 1 aliphatic heterocycles. The van der Waals surface area contributed by atoms with Crippen molar-refractivity contribution in [3.05, 3.63) is 99.0 Å². The van der Waals surface area contributed by atoms with Gasteiger partial charge in [-0.1, -0.05) is 46.3 Å². The highest BCUT2D eigenvalue weighted by Gasteiger charge is 2.47. The molecule has 0 saturated carbocycles. The van der Waals surface area contributed by atoms with Gasteiger partial charge in [0, 0.05) is 22.6 Å². The Balaban J connectivity index is 1.95. The van der Waals surface area contributed by atoms with Gasteiger partial charge in [-0.25, -0.2) is 0 Å². The highest BCUT2D eigenvalue weighted by molar-refractivity contribution is 9.10. The highest BCUT2D eigenvalue weighted by atomic mass is 79.9. The van der Waals surface area contributed by atoms with Crippen LogP contribution in [0.15, 0.2) is 76.8 Å². The van der Waals surface area contributed by atoms with Gasteiger partial charge in [0.25, 0.3) is 11.7 Å². The molecule has 1 heterocycles. The Morgan fingerprint density at radius 1 is 0.971 bits per heavy atom. The molecule has 1 saturated heterocycles. The first-order valence-corrected chi connectivity index (χ1v) is 11.4. The minimum atomic E-state index is -0.915. The Bertz CT molecular complexity index is 1340. The van der Waals surface area contributed by atoms with Crippen molar-refractivity contribution in [1.82, 2.24) is 0 Å². The number of esters is 1. The zero-order valence-electron chi connectivity index (χ0n) is 18.8. The van der Waals surface area contributed by atoms with E-state index in [4.69, 9.17) is 4.74 Å². The number of carbonyl (C=O) groups excluding carboxylic acids is 3. The smallest absolute Gasteiger partial charge is 0.308 e. The van der Waals surface area contributed by atoms with Crippen molar-refractivity contribution in [2.45, 2.75) is 26.8 Å². The number of aryl methyl sites for hydroxylation is 2. The molecule has 1 amide bonds. The van der Waals surface area contributed by atoms with E-state index in [-0.39, 0.29) is 17.1 Å². The fourth-order valence-corrected chi connectivity index (χ4v) is 4.23. The lowest BCUT2D eigenvalue weighted by Crippen LogP contribution is -2.29. The van der Waals surface area contributed by atoms with Crippen molar-refractivity contribution < 1.29 is 24.2 Å². The average molecular weight is 520 g/mol. The lowest BCUT2D eigenvalue weighted by Gasteiger charge is -2.26.